The first kappa shape index (κ1) is 17.4. The highest BCUT2D eigenvalue weighted by atomic mass is 32.2. The van der Waals surface area contributed by atoms with Crippen LogP contribution in [-0.4, -0.2) is 66.5 Å². The smallest absolute Gasteiger partial charge is 0.335 e. The van der Waals surface area contributed by atoms with Crippen molar-refractivity contribution < 1.29 is 23.1 Å². The van der Waals surface area contributed by atoms with E-state index in [1.807, 2.05) is 0 Å². The summed E-state index contributed by atoms with van der Waals surface area (Å²) in [6, 6.07) is 4.18. The summed E-state index contributed by atoms with van der Waals surface area (Å²) < 4.78 is 24.7. The summed E-state index contributed by atoms with van der Waals surface area (Å²) in [6.07, 6.45) is 1.15. The summed E-state index contributed by atoms with van der Waals surface area (Å²) in [7, 11) is -3.30. The number of carbonyl (C=O) groups is 2. The molecule has 1 N–H and O–H groups in total. The summed E-state index contributed by atoms with van der Waals surface area (Å²) >= 11 is 0. The molecule has 1 aliphatic rings. The van der Waals surface area contributed by atoms with E-state index in [-0.39, 0.29) is 37.1 Å². The molecule has 7 nitrogen and oxygen atoms in total. The number of carbonyl (C=O) groups excluding carboxylic acids is 1. The number of piperazine rings is 1. The molecule has 0 spiro atoms. The number of hydrogen-bond donors (Lipinski definition) is 1. The predicted octanol–water partition coefficient (Wildman–Crippen LogP) is 0.799. The van der Waals surface area contributed by atoms with Crippen LogP contribution in [0.2, 0.25) is 0 Å². The molecule has 1 heterocycles. The van der Waals surface area contributed by atoms with Gasteiger partial charge >= 0.3 is 5.97 Å². The van der Waals surface area contributed by atoms with Crippen molar-refractivity contribution in [2.24, 2.45) is 0 Å². The molecule has 0 unspecified atom stereocenters. The van der Waals surface area contributed by atoms with Crippen LogP contribution in [0.25, 0.3) is 0 Å². The maximum Gasteiger partial charge on any atom is 0.335 e. The summed E-state index contributed by atoms with van der Waals surface area (Å²) in [5.74, 6) is -1.37. The average Bonchev–Trinajstić information content (AvgIpc) is 2.44. The fourth-order valence-corrected chi connectivity index (χ4v) is 3.96. The maximum absolute atomic E-state index is 12.6. The first-order valence-electron chi connectivity index (χ1n) is 7.20. The number of hydrogen-bond acceptors (Lipinski definition) is 4. The fraction of sp³-hybridized carbons (Fsp3) is 0.467. The van der Waals surface area contributed by atoms with Crippen molar-refractivity contribution in [2.75, 3.05) is 25.9 Å². The van der Waals surface area contributed by atoms with Crippen molar-refractivity contribution in [1.29, 1.82) is 0 Å². The molecule has 0 radical (unpaired) electrons. The van der Waals surface area contributed by atoms with Gasteiger partial charge in [-0.05, 0) is 37.6 Å². The van der Waals surface area contributed by atoms with Gasteiger partial charge in [-0.25, -0.2) is 13.2 Å². The number of carboxylic acid groups (broad SMARTS) is 1. The average molecular weight is 340 g/mol. The molecular formula is C15H20N2O5S. The highest BCUT2D eigenvalue weighted by molar-refractivity contribution is 7.88. The van der Waals surface area contributed by atoms with E-state index in [0.717, 1.165) is 6.26 Å². The molecule has 0 saturated carbocycles. The third-order valence-electron chi connectivity index (χ3n) is 3.85. The normalized spacial score (nSPS) is 19.6. The number of rotatable bonds is 3. The van der Waals surface area contributed by atoms with E-state index in [1.54, 1.807) is 24.8 Å². The van der Waals surface area contributed by atoms with Gasteiger partial charge in [0.25, 0.3) is 5.91 Å². The first-order chi connectivity index (χ1) is 10.6. The Bertz CT molecular complexity index is 744. The lowest BCUT2D eigenvalue weighted by Gasteiger charge is -2.38. The van der Waals surface area contributed by atoms with E-state index < -0.39 is 16.0 Å². The summed E-state index contributed by atoms with van der Waals surface area (Å²) in [4.78, 5) is 25.3. The van der Waals surface area contributed by atoms with E-state index in [4.69, 9.17) is 5.11 Å². The zero-order valence-corrected chi connectivity index (χ0v) is 14.1. The lowest BCUT2D eigenvalue weighted by Crippen LogP contribution is -2.55. The van der Waals surface area contributed by atoms with Crippen LogP contribution in [0.1, 0.15) is 33.2 Å². The largest absolute Gasteiger partial charge is 0.478 e. The van der Waals surface area contributed by atoms with Gasteiger partial charge < -0.3 is 10.0 Å². The summed E-state index contributed by atoms with van der Waals surface area (Å²) in [5.41, 5.74) is 1.06. The number of sulfonamides is 1. The van der Waals surface area contributed by atoms with Crippen molar-refractivity contribution >= 4 is 21.9 Å². The number of amides is 1. The van der Waals surface area contributed by atoms with Gasteiger partial charge in [0.2, 0.25) is 10.0 Å². The molecule has 1 saturated heterocycles. The van der Waals surface area contributed by atoms with Gasteiger partial charge in [-0.1, -0.05) is 0 Å². The van der Waals surface area contributed by atoms with Crippen LogP contribution in [0, 0.1) is 6.92 Å². The molecule has 1 amide bonds. The Morgan fingerprint density at radius 1 is 1.17 bits per heavy atom. The Morgan fingerprint density at radius 2 is 1.78 bits per heavy atom. The number of nitrogens with zero attached hydrogens (tertiary/aromatic N) is 2. The van der Waals surface area contributed by atoms with Gasteiger partial charge in [-0.15, -0.1) is 0 Å². The fourth-order valence-electron chi connectivity index (χ4n) is 2.83. The summed E-state index contributed by atoms with van der Waals surface area (Å²) in [6.45, 7) is 4.28. The van der Waals surface area contributed by atoms with Crippen LogP contribution in [0.3, 0.4) is 0 Å². The van der Waals surface area contributed by atoms with E-state index in [1.165, 1.54) is 16.4 Å². The second-order valence-electron chi connectivity index (χ2n) is 5.87. The number of aromatic carboxylic acids is 1. The molecule has 1 aromatic rings. The number of aryl methyl sites for hydroxylation is 1. The van der Waals surface area contributed by atoms with E-state index in [2.05, 4.69) is 0 Å². The highest BCUT2D eigenvalue weighted by Gasteiger charge is 2.32. The van der Waals surface area contributed by atoms with Gasteiger partial charge in [0.15, 0.2) is 0 Å². The Hall–Kier alpha value is -1.93. The second kappa shape index (κ2) is 6.29. The molecule has 0 aromatic heterocycles. The minimum Gasteiger partial charge on any atom is -0.478 e. The standard InChI is InChI=1S/C15H20N2O5S/c1-10-6-12(8-13(7-10)15(19)20)14(18)16-4-5-17(11(2)9-16)23(3,21)22/h6-8,11H,4-5,9H2,1-3H3,(H,19,20)/t11-/m0/s1. The van der Waals surface area contributed by atoms with Gasteiger partial charge in [0.05, 0.1) is 11.8 Å². The van der Waals surface area contributed by atoms with Crippen molar-refractivity contribution in [1.82, 2.24) is 9.21 Å². The molecule has 2 rings (SSSR count). The lowest BCUT2D eigenvalue weighted by molar-refractivity contribution is 0.0642. The van der Waals surface area contributed by atoms with Crippen LogP contribution in [-0.2, 0) is 10.0 Å². The molecule has 0 bridgehead atoms. The number of benzene rings is 1. The second-order valence-corrected chi connectivity index (χ2v) is 7.80. The van der Waals surface area contributed by atoms with Gasteiger partial charge in [0, 0.05) is 31.2 Å². The third-order valence-corrected chi connectivity index (χ3v) is 5.25. The van der Waals surface area contributed by atoms with Crippen molar-refractivity contribution in [3.8, 4) is 0 Å². The van der Waals surface area contributed by atoms with Gasteiger partial charge in [0.1, 0.15) is 0 Å². The molecule has 1 fully saturated rings. The zero-order chi connectivity index (χ0) is 17.4. The molecule has 1 aliphatic heterocycles. The van der Waals surface area contributed by atoms with Crippen LogP contribution < -0.4 is 0 Å². The molecule has 8 heteroatoms. The Labute approximate surface area is 135 Å². The SMILES string of the molecule is Cc1cc(C(=O)O)cc(C(=O)N2CCN(S(C)(=O)=O)[C@@H](C)C2)c1. The summed E-state index contributed by atoms with van der Waals surface area (Å²) in [5, 5.41) is 9.09. The van der Waals surface area contributed by atoms with Crippen LogP contribution in [0.5, 0.6) is 0 Å². The Balaban J connectivity index is 2.21. The molecule has 1 atom stereocenters. The van der Waals surface area contributed by atoms with Gasteiger partial charge in [-0.2, -0.15) is 4.31 Å². The Morgan fingerprint density at radius 3 is 2.30 bits per heavy atom. The quantitative estimate of drug-likeness (QED) is 0.878. The van der Waals surface area contributed by atoms with Crippen LogP contribution in [0.15, 0.2) is 18.2 Å². The zero-order valence-electron chi connectivity index (χ0n) is 13.3. The molecule has 0 aliphatic carbocycles. The van der Waals surface area contributed by atoms with Crippen molar-refractivity contribution in [3.63, 3.8) is 0 Å². The first-order valence-corrected chi connectivity index (χ1v) is 9.05. The van der Waals surface area contributed by atoms with E-state index in [9.17, 15) is 18.0 Å². The third kappa shape index (κ3) is 3.89. The van der Waals surface area contributed by atoms with Crippen LogP contribution >= 0.6 is 0 Å². The maximum atomic E-state index is 12.6. The monoisotopic (exact) mass is 340 g/mol. The van der Waals surface area contributed by atoms with Gasteiger partial charge in [-0.3, -0.25) is 4.79 Å². The van der Waals surface area contributed by atoms with Crippen molar-refractivity contribution in [2.45, 2.75) is 19.9 Å². The minimum atomic E-state index is -3.30. The number of carboxylic acids is 1. The predicted molar refractivity (Wildman–Crippen MR) is 85.1 cm³/mol. The molecule has 23 heavy (non-hydrogen) atoms. The molecule has 126 valence electrons. The molecular weight excluding hydrogens is 320 g/mol. The lowest BCUT2D eigenvalue weighted by atomic mass is 10.0. The van der Waals surface area contributed by atoms with Crippen molar-refractivity contribution in [3.05, 3.63) is 34.9 Å². The minimum absolute atomic E-state index is 0.0659. The van der Waals surface area contributed by atoms with E-state index in [0.29, 0.717) is 11.1 Å². The van der Waals surface area contributed by atoms with Crippen LogP contribution in [0.4, 0.5) is 0 Å². The van der Waals surface area contributed by atoms with E-state index >= 15 is 0 Å². The Kier molecular flexibility index (Phi) is 4.76. The molecule has 1 aromatic carbocycles. The topological polar surface area (TPSA) is 95.0 Å². The highest BCUT2D eigenvalue weighted by Crippen LogP contribution is 2.17.